The lowest BCUT2D eigenvalue weighted by Crippen LogP contribution is -2.44. The minimum Gasteiger partial charge on any atom is -0.481 e. The zero-order valence-corrected chi connectivity index (χ0v) is 13.5. The maximum absolute atomic E-state index is 12.5. The zero-order chi connectivity index (χ0) is 16.3. The molecular weight excluding hydrogens is 294 g/mol. The van der Waals surface area contributed by atoms with Crippen LogP contribution in [0.2, 0.25) is 0 Å². The van der Waals surface area contributed by atoms with Crippen molar-refractivity contribution in [3.63, 3.8) is 0 Å². The summed E-state index contributed by atoms with van der Waals surface area (Å²) in [4.78, 5) is 24.2. The summed E-state index contributed by atoms with van der Waals surface area (Å²) in [5.74, 6) is -0.998. The van der Waals surface area contributed by atoms with Gasteiger partial charge in [-0.3, -0.25) is 14.3 Å². The number of hydrogen-bond acceptors (Lipinski definition) is 3. The minimum atomic E-state index is -0.799. The number of hydrogen-bond donors (Lipinski definition) is 2. The van der Waals surface area contributed by atoms with Gasteiger partial charge in [-0.05, 0) is 31.7 Å². The molecule has 0 radical (unpaired) electrons. The van der Waals surface area contributed by atoms with Crippen molar-refractivity contribution in [3.05, 3.63) is 18.0 Å². The van der Waals surface area contributed by atoms with Crippen LogP contribution in [0.25, 0.3) is 0 Å². The molecule has 1 heterocycles. The molecule has 1 amide bonds. The molecule has 1 aromatic rings. The number of carbonyl (C=O) groups is 2. The van der Waals surface area contributed by atoms with Gasteiger partial charge in [-0.2, -0.15) is 5.10 Å². The van der Waals surface area contributed by atoms with E-state index in [0.29, 0.717) is 24.6 Å². The quantitative estimate of drug-likeness (QED) is 0.874. The molecule has 0 saturated heterocycles. The van der Waals surface area contributed by atoms with Crippen molar-refractivity contribution in [2.75, 3.05) is 6.54 Å². The summed E-state index contributed by atoms with van der Waals surface area (Å²) in [5.41, 5.74) is -0.250. The smallest absolute Gasteiger partial charge is 0.311 e. The fourth-order valence-electron chi connectivity index (χ4n) is 3.97. The van der Waals surface area contributed by atoms with E-state index in [4.69, 9.17) is 0 Å². The fraction of sp³-hybridized carbons (Fsp3) is 0.706. The van der Waals surface area contributed by atoms with Crippen molar-refractivity contribution in [1.82, 2.24) is 15.1 Å². The molecule has 126 valence electrons. The lowest BCUT2D eigenvalue weighted by molar-refractivity contribution is -0.150. The molecule has 1 aromatic heterocycles. The highest BCUT2D eigenvalue weighted by atomic mass is 16.4. The normalized spacial score (nSPS) is 21.2. The van der Waals surface area contributed by atoms with Crippen molar-refractivity contribution in [1.29, 1.82) is 0 Å². The molecule has 3 rings (SSSR count). The second-order valence-corrected chi connectivity index (χ2v) is 6.93. The summed E-state index contributed by atoms with van der Waals surface area (Å²) in [6.45, 7) is 0.205. The number of amides is 1. The molecule has 23 heavy (non-hydrogen) atoms. The molecule has 6 heteroatoms. The summed E-state index contributed by atoms with van der Waals surface area (Å²) < 4.78 is 1.82. The average molecular weight is 319 g/mol. The van der Waals surface area contributed by atoms with Crippen LogP contribution in [0.3, 0.4) is 0 Å². The van der Waals surface area contributed by atoms with Gasteiger partial charge >= 0.3 is 5.97 Å². The third-order valence-electron chi connectivity index (χ3n) is 5.43. The maximum atomic E-state index is 12.5. The Labute approximate surface area is 136 Å². The second-order valence-electron chi connectivity index (χ2n) is 6.93. The predicted molar refractivity (Wildman–Crippen MR) is 85.2 cm³/mol. The molecule has 2 aliphatic carbocycles. The Morgan fingerprint density at radius 3 is 2.57 bits per heavy atom. The van der Waals surface area contributed by atoms with Crippen LogP contribution < -0.4 is 5.32 Å². The Kier molecular flexibility index (Phi) is 4.68. The molecule has 2 fully saturated rings. The lowest BCUT2D eigenvalue weighted by atomic mass is 9.74. The number of nitrogens with zero attached hydrogens (tertiary/aromatic N) is 2. The van der Waals surface area contributed by atoms with Crippen LogP contribution >= 0.6 is 0 Å². The van der Waals surface area contributed by atoms with Gasteiger partial charge in [0, 0.05) is 12.7 Å². The summed E-state index contributed by atoms with van der Waals surface area (Å²) in [6, 6.07) is 2.02. The molecule has 0 atom stereocenters. The Morgan fingerprint density at radius 2 is 1.91 bits per heavy atom. The highest BCUT2D eigenvalue weighted by molar-refractivity contribution is 5.93. The highest BCUT2D eigenvalue weighted by Gasteiger charge is 2.40. The third kappa shape index (κ3) is 3.26. The van der Waals surface area contributed by atoms with E-state index >= 15 is 0 Å². The predicted octanol–water partition coefficient (Wildman–Crippen LogP) is 2.76. The summed E-state index contributed by atoms with van der Waals surface area (Å²) in [6.07, 6.45) is 10.3. The molecule has 0 aliphatic heterocycles. The second kappa shape index (κ2) is 6.72. The van der Waals surface area contributed by atoms with Crippen LogP contribution in [-0.4, -0.2) is 33.3 Å². The molecular formula is C17H25N3O3. The first-order chi connectivity index (χ1) is 11.1. The SMILES string of the molecule is O=C(NCC1(C(=O)O)CCCCC1)c1ccnn1C1CCCC1. The highest BCUT2D eigenvalue weighted by Crippen LogP contribution is 2.36. The summed E-state index contributed by atoms with van der Waals surface area (Å²) >= 11 is 0. The van der Waals surface area contributed by atoms with Crippen LogP contribution in [0.4, 0.5) is 0 Å². The number of carboxylic acid groups (broad SMARTS) is 1. The first-order valence-corrected chi connectivity index (χ1v) is 8.67. The van der Waals surface area contributed by atoms with Crippen molar-refractivity contribution >= 4 is 11.9 Å². The van der Waals surface area contributed by atoms with E-state index in [2.05, 4.69) is 10.4 Å². The first-order valence-electron chi connectivity index (χ1n) is 8.67. The maximum Gasteiger partial charge on any atom is 0.311 e. The lowest BCUT2D eigenvalue weighted by Gasteiger charge is -2.33. The van der Waals surface area contributed by atoms with E-state index in [1.54, 1.807) is 12.3 Å². The van der Waals surface area contributed by atoms with Crippen LogP contribution in [0, 0.1) is 5.41 Å². The van der Waals surface area contributed by atoms with E-state index in [1.807, 2.05) is 4.68 Å². The third-order valence-corrected chi connectivity index (χ3v) is 5.43. The molecule has 0 spiro atoms. The molecule has 6 nitrogen and oxygen atoms in total. The van der Waals surface area contributed by atoms with Gasteiger partial charge in [-0.1, -0.05) is 32.1 Å². The Morgan fingerprint density at radius 1 is 1.22 bits per heavy atom. The summed E-state index contributed by atoms with van der Waals surface area (Å²) in [5, 5.41) is 16.8. The van der Waals surface area contributed by atoms with Gasteiger partial charge in [0.15, 0.2) is 0 Å². The number of carboxylic acids is 1. The topological polar surface area (TPSA) is 84.2 Å². The minimum absolute atomic E-state index is 0.205. The van der Waals surface area contributed by atoms with Gasteiger partial charge in [-0.25, -0.2) is 0 Å². The van der Waals surface area contributed by atoms with Crippen LogP contribution in [0.15, 0.2) is 12.3 Å². The Bertz CT molecular complexity index is 569. The number of carbonyl (C=O) groups excluding carboxylic acids is 1. The van der Waals surface area contributed by atoms with E-state index < -0.39 is 11.4 Å². The number of aromatic nitrogens is 2. The zero-order valence-electron chi connectivity index (χ0n) is 13.5. The number of aliphatic carboxylic acids is 1. The number of nitrogens with one attached hydrogen (secondary N) is 1. The van der Waals surface area contributed by atoms with Crippen molar-refractivity contribution < 1.29 is 14.7 Å². The van der Waals surface area contributed by atoms with E-state index in [0.717, 1.165) is 32.1 Å². The van der Waals surface area contributed by atoms with Crippen molar-refractivity contribution in [2.24, 2.45) is 5.41 Å². The largest absolute Gasteiger partial charge is 0.481 e. The molecule has 2 aliphatic rings. The summed E-state index contributed by atoms with van der Waals surface area (Å²) in [7, 11) is 0. The Balaban J connectivity index is 1.67. The standard InChI is InChI=1S/C17H25N3O3/c21-15(14-8-11-19-20(14)13-6-2-3-7-13)18-12-17(16(22)23)9-4-1-5-10-17/h8,11,13H,1-7,9-10,12H2,(H,18,21)(H,22,23). The van der Waals surface area contributed by atoms with Crippen LogP contribution in [-0.2, 0) is 4.79 Å². The van der Waals surface area contributed by atoms with E-state index in [1.165, 1.54) is 12.8 Å². The molecule has 2 saturated carbocycles. The monoisotopic (exact) mass is 319 g/mol. The van der Waals surface area contributed by atoms with Crippen molar-refractivity contribution in [2.45, 2.75) is 63.8 Å². The molecule has 0 unspecified atom stereocenters. The van der Waals surface area contributed by atoms with Crippen LogP contribution in [0.5, 0.6) is 0 Å². The van der Waals surface area contributed by atoms with E-state index in [-0.39, 0.29) is 12.5 Å². The van der Waals surface area contributed by atoms with Crippen LogP contribution in [0.1, 0.15) is 74.3 Å². The van der Waals surface area contributed by atoms with Gasteiger partial charge in [0.25, 0.3) is 5.91 Å². The Hall–Kier alpha value is -1.85. The molecule has 2 N–H and O–H groups in total. The molecule has 0 aromatic carbocycles. The molecule has 0 bridgehead atoms. The fourth-order valence-corrected chi connectivity index (χ4v) is 3.97. The van der Waals surface area contributed by atoms with E-state index in [9.17, 15) is 14.7 Å². The van der Waals surface area contributed by atoms with Gasteiger partial charge in [0.05, 0.1) is 11.5 Å². The van der Waals surface area contributed by atoms with Gasteiger partial charge in [-0.15, -0.1) is 0 Å². The van der Waals surface area contributed by atoms with Gasteiger partial charge in [0.2, 0.25) is 0 Å². The van der Waals surface area contributed by atoms with Gasteiger partial charge in [0.1, 0.15) is 5.69 Å². The van der Waals surface area contributed by atoms with Crippen molar-refractivity contribution in [3.8, 4) is 0 Å². The number of rotatable bonds is 5. The van der Waals surface area contributed by atoms with Gasteiger partial charge < -0.3 is 10.4 Å². The first kappa shape index (κ1) is 16.0. The average Bonchev–Trinajstić information content (AvgIpc) is 3.23.